The maximum atomic E-state index is 5.58. The van der Waals surface area contributed by atoms with Crippen LogP contribution in [0.3, 0.4) is 0 Å². The van der Waals surface area contributed by atoms with Gasteiger partial charge in [0.25, 0.3) is 0 Å². The molecule has 2 unspecified atom stereocenters. The molecule has 0 spiro atoms. The summed E-state index contributed by atoms with van der Waals surface area (Å²) in [5.74, 6) is 2.26. The molecule has 0 saturated heterocycles. The van der Waals surface area contributed by atoms with E-state index in [4.69, 9.17) is 19.8 Å². The van der Waals surface area contributed by atoms with E-state index in [-0.39, 0.29) is 0 Å². The first-order valence-corrected chi connectivity index (χ1v) is 11.9. The summed E-state index contributed by atoms with van der Waals surface area (Å²) in [6.45, 7) is 6.41. The van der Waals surface area contributed by atoms with Gasteiger partial charge in [0.05, 0.1) is 16.4 Å². The van der Waals surface area contributed by atoms with Gasteiger partial charge in [-0.3, -0.25) is 4.68 Å². The lowest BCUT2D eigenvalue weighted by Crippen LogP contribution is -2.18. The molecule has 4 heterocycles. The first-order chi connectivity index (χ1) is 15.4. The van der Waals surface area contributed by atoms with E-state index in [0.717, 1.165) is 57.3 Å². The first kappa shape index (κ1) is 21.1. The number of ether oxygens (including phenoxy) is 1. The molecule has 0 aliphatic heterocycles. The first-order valence-electron chi connectivity index (χ1n) is 11.1. The topological polar surface area (TPSA) is 82.7 Å². The fourth-order valence-corrected chi connectivity index (χ4v) is 5.54. The second-order valence-electron chi connectivity index (χ2n) is 8.78. The summed E-state index contributed by atoms with van der Waals surface area (Å²) in [5.41, 5.74) is 2.14. The number of aryl methyl sites for hydroxylation is 2. The summed E-state index contributed by atoms with van der Waals surface area (Å²) < 4.78 is 9.52. The predicted octanol–water partition coefficient (Wildman–Crippen LogP) is 4.82. The highest BCUT2D eigenvalue weighted by Gasteiger charge is 2.27. The second kappa shape index (κ2) is 8.29. The summed E-state index contributed by atoms with van der Waals surface area (Å²) in [5, 5.41) is 9.59. The SMILES string of the molecule is COC1CCC(Nc2nc(-c3nccn3C)nc3sc(-c4ccn(C(C)C)n4)c(C)c23)C1. The monoisotopic (exact) mass is 451 g/mol. The Bertz CT molecular complexity index is 1250. The predicted molar refractivity (Wildman–Crippen MR) is 128 cm³/mol. The van der Waals surface area contributed by atoms with E-state index in [1.165, 1.54) is 0 Å². The number of imidazole rings is 1. The van der Waals surface area contributed by atoms with Gasteiger partial charge < -0.3 is 14.6 Å². The Morgan fingerprint density at radius 2 is 2.06 bits per heavy atom. The second-order valence-corrected chi connectivity index (χ2v) is 9.78. The molecule has 4 aromatic heterocycles. The van der Waals surface area contributed by atoms with Gasteiger partial charge in [-0.25, -0.2) is 15.0 Å². The van der Waals surface area contributed by atoms with Crippen molar-refractivity contribution in [1.29, 1.82) is 0 Å². The molecular weight excluding hydrogens is 422 g/mol. The average molecular weight is 452 g/mol. The van der Waals surface area contributed by atoms with Gasteiger partial charge in [-0.05, 0) is 51.7 Å². The van der Waals surface area contributed by atoms with Crippen molar-refractivity contribution in [3.05, 3.63) is 30.2 Å². The van der Waals surface area contributed by atoms with Crippen molar-refractivity contribution in [2.45, 2.75) is 58.2 Å². The molecule has 2 atom stereocenters. The fraction of sp³-hybridized carbons (Fsp3) is 0.478. The standard InChI is InChI=1S/C23H29N7OS/c1-13(2)30-10-8-17(28-30)19-14(3)18-20(25-15-6-7-16(12-15)31-5)26-21(27-23(18)32-19)22-24-9-11-29(22)4/h8-11,13,15-16H,6-7,12H2,1-5H3,(H,25,26,27). The summed E-state index contributed by atoms with van der Waals surface area (Å²) in [6.07, 6.45) is 9.15. The average Bonchev–Trinajstić information content (AvgIpc) is 3.54. The Labute approximate surface area is 191 Å². The van der Waals surface area contributed by atoms with Crippen LogP contribution in [0.15, 0.2) is 24.7 Å². The lowest BCUT2D eigenvalue weighted by molar-refractivity contribution is 0.108. The van der Waals surface area contributed by atoms with Crippen molar-refractivity contribution in [2.75, 3.05) is 12.4 Å². The summed E-state index contributed by atoms with van der Waals surface area (Å²) in [6, 6.07) is 2.73. The number of anilines is 1. The Morgan fingerprint density at radius 1 is 1.22 bits per heavy atom. The van der Waals surface area contributed by atoms with Crippen molar-refractivity contribution >= 4 is 27.4 Å². The quantitative estimate of drug-likeness (QED) is 0.452. The van der Waals surface area contributed by atoms with Gasteiger partial charge in [-0.1, -0.05) is 0 Å². The smallest absolute Gasteiger partial charge is 0.199 e. The fourth-order valence-electron chi connectivity index (χ4n) is 4.39. The highest BCUT2D eigenvalue weighted by Crippen LogP contribution is 2.41. The molecule has 1 aliphatic rings. The van der Waals surface area contributed by atoms with Crippen LogP contribution in [0.2, 0.25) is 0 Å². The molecule has 1 saturated carbocycles. The lowest BCUT2D eigenvalue weighted by Gasteiger charge is -2.15. The molecule has 0 amide bonds. The normalized spacial score (nSPS) is 18.8. The number of fused-ring (bicyclic) bond motifs is 1. The van der Waals surface area contributed by atoms with Crippen LogP contribution in [0.4, 0.5) is 5.82 Å². The Hall–Kier alpha value is -2.78. The van der Waals surface area contributed by atoms with E-state index in [2.05, 4.69) is 37.1 Å². The largest absolute Gasteiger partial charge is 0.381 e. The van der Waals surface area contributed by atoms with Crippen LogP contribution in [0.25, 0.3) is 32.4 Å². The molecule has 9 heteroatoms. The molecule has 0 radical (unpaired) electrons. The van der Waals surface area contributed by atoms with E-state index < -0.39 is 0 Å². The molecule has 1 fully saturated rings. The molecule has 32 heavy (non-hydrogen) atoms. The molecule has 5 rings (SSSR count). The number of rotatable bonds is 6. The molecule has 8 nitrogen and oxygen atoms in total. The zero-order valence-corrected chi connectivity index (χ0v) is 20.0. The minimum atomic E-state index is 0.304. The van der Waals surface area contributed by atoms with E-state index in [9.17, 15) is 0 Å². The van der Waals surface area contributed by atoms with E-state index >= 15 is 0 Å². The molecular formula is C23H29N7OS. The van der Waals surface area contributed by atoms with E-state index in [1.807, 2.05) is 28.7 Å². The lowest BCUT2D eigenvalue weighted by atomic mass is 10.1. The van der Waals surface area contributed by atoms with Gasteiger partial charge in [-0.2, -0.15) is 5.10 Å². The third-order valence-corrected chi connectivity index (χ3v) is 7.45. The molecule has 0 aromatic carbocycles. The summed E-state index contributed by atoms with van der Waals surface area (Å²) in [7, 11) is 3.76. The van der Waals surface area contributed by atoms with E-state index in [1.54, 1.807) is 24.6 Å². The molecule has 1 aliphatic carbocycles. The molecule has 168 valence electrons. The van der Waals surface area contributed by atoms with Gasteiger partial charge in [0, 0.05) is 44.8 Å². The molecule has 0 bridgehead atoms. The van der Waals surface area contributed by atoms with Crippen molar-refractivity contribution in [3.8, 4) is 22.2 Å². The third kappa shape index (κ3) is 3.69. The zero-order chi connectivity index (χ0) is 22.4. The van der Waals surface area contributed by atoms with Crippen molar-refractivity contribution in [1.82, 2.24) is 29.3 Å². The van der Waals surface area contributed by atoms with Crippen LogP contribution in [0, 0.1) is 6.92 Å². The molecule has 1 N–H and O–H groups in total. The van der Waals surface area contributed by atoms with Crippen LogP contribution in [-0.2, 0) is 11.8 Å². The highest BCUT2D eigenvalue weighted by molar-refractivity contribution is 7.22. The zero-order valence-electron chi connectivity index (χ0n) is 19.2. The third-order valence-electron chi connectivity index (χ3n) is 6.24. The molecule has 4 aromatic rings. The number of methoxy groups -OCH3 is 1. The summed E-state index contributed by atoms with van der Waals surface area (Å²) in [4.78, 5) is 16.4. The Kier molecular flexibility index (Phi) is 5.46. The van der Waals surface area contributed by atoms with Gasteiger partial charge in [0.15, 0.2) is 11.6 Å². The number of aromatic nitrogens is 6. The Balaban J connectivity index is 1.63. The minimum absolute atomic E-state index is 0.304. The van der Waals surface area contributed by atoms with Crippen LogP contribution >= 0.6 is 11.3 Å². The maximum Gasteiger partial charge on any atom is 0.199 e. The number of hydrogen-bond donors (Lipinski definition) is 1. The van der Waals surface area contributed by atoms with Crippen LogP contribution in [0.1, 0.15) is 44.7 Å². The number of nitrogens with one attached hydrogen (secondary N) is 1. The minimum Gasteiger partial charge on any atom is -0.381 e. The van der Waals surface area contributed by atoms with Crippen LogP contribution < -0.4 is 5.32 Å². The number of thiophene rings is 1. The van der Waals surface area contributed by atoms with Gasteiger partial charge in [0.1, 0.15) is 16.3 Å². The Morgan fingerprint density at radius 3 is 2.72 bits per heavy atom. The highest BCUT2D eigenvalue weighted by atomic mass is 32.1. The van der Waals surface area contributed by atoms with Crippen molar-refractivity contribution in [2.24, 2.45) is 7.05 Å². The van der Waals surface area contributed by atoms with Crippen LogP contribution in [0.5, 0.6) is 0 Å². The van der Waals surface area contributed by atoms with Gasteiger partial charge in [-0.15, -0.1) is 11.3 Å². The van der Waals surface area contributed by atoms with Crippen LogP contribution in [-0.4, -0.2) is 48.6 Å². The van der Waals surface area contributed by atoms with Crippen molar-refractivity contribution in [3.63, 3.8) is 0 Å². The van der Waals surface area contributed by atoms with E-state index in [0.29, 0.717) is 24.0 Å². The summed E-state index contributed by atoms with van der Waals surface area (Å²) >= 11 is 1.67. The number of hydrogen-bond acceptors (Lipinski definition) is 7. The van der Waals surface area contributed by atoms with Gasteiger partial charge >= 0.3 is 0 Å². The number of nitrogens with zero attached hydrogens (tertiary/aromatic N) is 6. The van der Waals surface area contributed by atoms with Crippen molar-refractivity contribution < 1.29 is 4.74 Å². The van der Waals surface area contributed by atoms with Gasteiger partial charge in [0.2, 0.25) is 0 Å². The maximum absolute atomic E-state index is 5.58.